The van der Waals surface area contributed by atoms with Crippen molar-refractivity contribution in [3.05, 3.63) is 48.0 Å². The van der Waals surface area contributed by atoms with E-state index in [2.05, 4.69) is 0 Å². The Balaban J connectivity index is 2.27. The Labute approximate surface area is 131 Å². The van der Waals surface area contributed by atoms with E-state index in [0.717, 1.165) is 15.5 Å². The molecule has 2 aromatic carbocycles. The Morgan fingerprint density at radius 1 is 1.10 bits per heavy atom. The Morgan fingerprint density at radius 3 is 2.52 bits per heavy atom. The van der Waals surface area contributed by atoms with Crippen molar-refractivity contribution in [3.8, 4) is 0 Å². The number of fused-ring (bicyclic) bond motifs is 2. The van der Waals surface area contributed by atoms with Crippen molar-refractivity contribution in [2.45, 2.75) is 16.7 Å². The van der Waals surface area contributed by atoms with E-state index in [1.807, 2.05) is 36.4 Å². The number of hydrogen-bond donors (Lipinski definition) is 0. The van der Waals surface area contributed by atoms with Gasteiger partial charge in [0, 0.05) is 22.3 Å². The third-order valence-electron chi connectivity index (χ3n) is 3.29. The molecule has 0 saturated heterocycles. The summed E-state index contributed by atoms with van der Waals surface area (Å²) in [5.41, 5.74) is 1.93. The first-order chi connectivity index (χ1) is 10.1. The van der Waals surface area contributed by atoms with Crippen LogP contribution in [-0.4, -0.2) is 17.6 Å². The van der Waals surface area contributed by atoms with Crippen LogP contribution in [0, 0.1) is 0 Å². The van der Waals surface area contributed by atoms with Gasteiger partial charge in [0.15, 0.2) is 5.78 Å². The number of hydrogen-bond acceptors (Lipinski definition) is 3. The van der Waals surface area contributed by atoms with Gasteiger partial charge in [-0.25, -0.2) is 0 Å². The number of para-hydroxylation sites is 2. The van der Waals surface area contributed by atoms with Crippen molar-refractivity contribution in [1.82, 2.24) is 0 Å². The average Bonchev–Trinajstić information content (AvgIpc) is 2.50. The van der Waals surface area contributed by atoms with Crippen molar-refractivity contribution in [1.29, 1.82) is 0 Å². The quantitative estimate of drug-likeness (QED) is 0.613. The number of carbonyl (C=O) groups excluding carboxylic acids is 2. The molecule has 2 aromatic rings. The van der Waals surface area contributed by atoms with Gasteiger partial charge in [-0.05, 0) is 24.3 Å². The molecule has 5 heteroatoms. The molecule has 1 amide bonds. The summed E-state index contributed by atoms with van der Waals surface area (Å²) in [6, 6.07) is 13.1. The molecule has 21 heavy (non-hydrogen) atoms. The molecule has 0 aliphatic carbocycles. The third kappa shape index (κ3) is 2.34. The summed E-state index contributed by atoms with van der Waals surface area (Å²) in [5, 5.41) is 0. The third-order valence-corrected chi connectivity index (χ3v) is 4.64. The first kappa shape index (κ1) is 14.2. The molecule has 3 nitrogen and oxygen atoms in total. The summed E-state index contributed by atoms with van der Waals surface area (Å²) >= 11 is 7.25. The van der Waals surface area contributed by atoms with Crippen LogP contribution < -0.4 is 4.90 Å². The minimum Gasteiger partial charge on any atom is -0.293 e. The number of anilines is 2. The van der Waals surface area contributed by atoms with E-state index in [0.29, 0.717) is 11.3 Å². The van der Waals surface area contributed by atoms with Gasteiger partial charge in [-0.15, -0.1) is 11.6 Å². The van der Waals surface area contributed by atoms with E-state index in [9.17, 15) is 9.59 Å². The number of carbonyl (C=O) groups is 2. The smallest absolute Gasteiger partial charge is 0.228 e. The van der Waals surface area contributed by atoms with Gasteiger partial charge in [-0.2, -0.15) is 0 Å². The SMILES string of the molecule is CC(=O)N1c2ccccc2Sc2cccc(C(=O)CCl)c21. The van der Waals surface area contributed by atoms with Crippen molar-refractivity contribution in [2.75, 3.05) is 10.8 Å². The zero-order valence-corrected chi connectivity index (χ0v) is 12.9. The fourth-order valence-corrected chi connectivity index (χ4v) is 3.66. The van der Waals surface area contributed by atoms with Gasteiger partial charge in [0.05, 0.1) is 17.3 Å². The highest BCUT2D eigenvalue weighted by atomic mass is 35.5. The molecule has 0 unspecified atom stereocenters. The van der Waals surface area contributed by atoms with Crippen molar-refractivity contribution in [2.24, 2.45) is 0 Å². The molecule has 0 saturated carbocycles. The molecule has 0 spiro atoms. The normalized spacial score (nSPS) is 12.6. The molecule has 0 fully saturated rings. The highest BCUT2D eigenvalue weighted by Crippen LogP contribution is 2.49. The highest BCUT2D eigenvalue weighted by molar-refractivity contribution is 7.99. The van der Waals surface area contributed by atoms with Gasteiger partial charge in [-0.3, -0.25) is 14.5 Å². The molecule has 0 bridgehead atoms. The van der Waals surface area contributed by atoms with E-state index in [1.165, 1.54) is 6.92 Å². The van der Waals surface area contributed by atoms with Crippen LogP contribution in [0.2, 0.25) is 0 Å². The van der Waals surface area contributed by atoms with Gasteiger partial charge in [0.2, 0.25) is 5.91 Å². The Bertz CT molecular complexity index is 745. The zero-order valence-electron chi connectivity index (χ0n) is 11.3. The van der Waals surface area contributed by atoms with Crippen LogP contribution in [0.15, 0.2) is 52.3 Å². The maximum Gasteiger partial charge on any atom is 0.228 e. The second-order valence-electron chi connectivity index (χ2n) is 4.63. The molecule has 1 aliphatic heterocycles. The molecule has 3 rings (SSSR count). The molecular weight excluding hydrogens is 306 g/mol. The van der Waals surface area contributed by atoms with Crippen LogP contribution in [0.4, 0.5) is 11.4 Å². The lowest BCUT2D eigenvalue weighted by molar-refractivity contribution is -0.115. The number of amides is 1. The van der Waals surface area contributed by atoms with E-state index in [-0.39, 0.29) is 17.6 Å². The van der Waals surface area contributed by atoms with Crippen molar-refractivity contribution in [3.63, 3.8) is 0 Å². The molecule has 0 atom stereocenters. The maximum atomic E-state index is 12.2. The largest absolute Gasteiger partial charge is 0.293 e. The van der Waals surface area contributed by atoms with Crippen LogP contribution in [0.1, 0.15) is 17.3 Å². The summed E-state index contributed by atoms with van der Waals surface area (Å²) in [5.74, 6) is -0.410. The fourth-order valence-electron chi connectivity index (χ4n) is 2.43. The molecule has 0 radical (unpaired) electrons. The van der Waals surface area contributed by atoms with E-state index >= 15 is 0 Å². The molecule has 1 heterocycles. The zero-order chi connectivity index (χ0) is 15.0. The Hall–Kier alpha value is -1.78. The van der Waals surface area contributed by atoms with Crippen LogP contribution in [0.3, 0.4) is 0 Å². The van der Waals surface area contributed by atoms with Crippen LogP contribution in [-0.2, 0) is 4.79 Å². The molecule has 0 aromatic heterocycles. The lowest BCUT2D eigenvalue weighted by Gasteiger charge is -2.31. The van der Waals surface area contributed by atoms with E-state index in [4.69, 9.17) is 11.6 Å². The van der Waals surface area contributed by atoms with Gasteiger partial charge in [-0.1, -0.05) is 30.0 Å². The van der Waals surface area contributed by atoms with Gasteiger partial charge in [0.1, 0.15) is 0 Å². The minimum absolute atomic E-state index is 0.103. The van der Waals surface area contributed by atoms with Gasteiger partial charge < -0.3 is 0 Å². The number of nitrogens with zero attached hydrogens (tertiary/aromatic N) is 1. The van der Waals surface area contributed by atoms with Crippen molar-refractivity contribution < 1.29 is 9.59 Å². The number of halogens is 1. The summed E-state index contributed by atoms with van der Waals surface area (Å²) in [6.45, 7) is 1.50. The predicted molar refractivity (Wildman–Crippen MR) is 84.9 cm³/mol. The number of benzene rings is 2. The van der Waals surface area contributed by atoms with E-state index < -0.39 is 0 Å². The topological polar surface area (TPSA) is 37.4 Å². The average molecular weight is 318 g/mol. The lowest BCUT2D eigenvalue weighted by Crippen LogP contribution is -2.27. The summed E-state index contributed by atoms with van der Waals surface area (Å²) in [4.78, 5) is 27.7. The second kappa shape index (κ2) is 5.54. The second-order valence-corrected chi connectivity index (χ2v) is 5.98. The minimum atomic E-state index is -0.181. The first-order valence-corrected chi connectivity index (χ1v) is 7.78. The molecular formula is C16H12ClNO2S. The van der Waals surface area contributed by atoms with Gasteiger partial charge >= 0.3 is 0 Å². The van der Waals surface area contributed by atoms with Gasteiger partial charge in [0.25, 0.3) is 0 Å². The molecule has 1 aliphatic rings. The number of rotatable bonds is 2. The maximum absolute atomic E-state index is 12.2. The number of ketones is 1. The summed E-state index contributed by atoms with van der Waals surface area (Å²) in [6.07, 6.45) is 0. The van der Waals surface area contributed by atoms with Crippen LogP contribution in [0.5, 0.6) is 0 Å². The first-order valence-electron chi connectivity index (χ1n) is 6.43. The highest BCUT2D eigenvalue weighted by Gasteiger charge is 2.29. The Kier molecular flexibility index (Phi) is 3.74. The molecule has 106 valence electrons. The summed E-state index contributed by atoms with van der Waals surface area (Å²) in [7, 11) is 0. The number of Topliss-reactive ketones (excluding diaryl/α,β-unsaturated/α-hetero) is 1. The predicted octanol–water partition coefficient (Wildman–Crippen LogP) is 4.26. The van der Waals surface area contributed by atoms with Crippen molar-refractivity contribution >= 4 is 46.4 Å². The lowest BCUT2D eigenvalue weighted by atomic mass is 10.1. The monoisotopic (exact) mass is 317 g/mol. The molecule has 0 N–H and O–H groups in total. The fraction of sp³-hybridized carbons (Fsp3) is 0.125. The van der Waals surface area contributed by atoms with Crippen LogP contribution in [0.25, 0.3) is 0 Å². The van der Waals surface area contributed by atoms with E-state index in [1.54, 1.807) is 22.7 Å². The summed E-state index contributed by atoms with van der Waals surface area (Å²) < 4.78 is 0. The van der Waals surface area contributed by atoms with Crippen LogP contribution >= 0.6 is 23.4 Å². The Morgan fingerprint density at radius 2 is 1.81 bits per heavy atom. The standard InChI is InChI=1S/C16H12ClNO2S/c1-10(19)18-12-6-2-3-7-14(12)21-15-8-4-5-11(16(15)18)13(20)9-17/h2-8H,9H2,1H3. The number of alkyl halides is 1.